The number of aliphatic hydroxyl groups excluding tert-OH is 2. The fourth-order valence-corrected chi connectivity index (χ4v) is 4.18. The molecule has 2 rings (SSSR count). The van der Waals surface area contributed by atoms with Crippen molar-refractivity contribution in [3.8, 4) is 0 Å². The second kappa shape index (κ2) is 12.2. The molecule has 1 aliphatic heterocycles. The van der Waals surface area contributed by atoms with Gasteiger partial charge in [-0.2, -0.15) is 13.2 Å². The summed E-state index contributed by atoms with van der Waals surface area (Å²) in [6, 6.07) is 1.62. The maximum atomic E-state index is 13.7. The lowest BCUT2D eigenvalue weighted by Gasteiger charge is -2.34. The van der Waals surface area contributed by atoms with Crippen LogP contribution >= 0.6 is 0 Å². The summed E-state index contributed by atoms with van der Waals surface area (Å²) in [5.41, 5.74) is -1.39. The van der Waals surface area contributed by atoms with Crippen molar-refractivity contribution < 1.29 is 42.2 Å². The van der Waals surface area contributed by atoms with Crippen LogP contribution in [0.25, 0.3) is 6.08 Å². The van der Waals surface area contributed by atoms with Crippen LogP contribution in [0, 0.1) is 24.2 Å². The number of rotatable bonds is 2. The number of aryl methyl sites for hydroxylation is 1. The number of ketones is 1. The van der Waals surface area contributed by atoms with E-state index in [1.54, 1.807) is 32.9 Å². The van der Waals surface area contributed by atoms with E-state index in [2.05, 4.69) is 5.16 Å². The summed E-state index contributed by atoms with van der Waals surface area (Å²) in [5.74, 6) is -2.38. The second-order valence-corrected chi connectivity index (χ2v) is 10.3. The minimum absolute atomic E-state index is 0.277. The molecule has 0 fully saturated rings. The summed E-state index contributed by atoms with van der Waals surface area (Å²) in [5, 5.41) is 25.2. The Balaban J connectivity index is 2.50. The number of alkyl halides is 3. The van der Waals surface area contributed by atoms with Gasteiger partial charge in [0.15, 0.2) is 0 Å². The Morgan fingerprint density at radius 2 is 1.86 bits per heavy atom. The zero-order valence-electron chi connectivity index (χ0n) is 22.0. The first-order valence-corrected chi connectivity index (χ1v) is 12.2. The van der Waals surface area contributed by atoms with E-state index in [-0.39, 0.29) is 6.42 Å². The number of aliphatic hydroxyl groups is 2. The van der Waals surface area contributed by atoms with Gasteiger partial charge in [-0.3, -0.25) is 9.59 Å². The Labute approximate surface area is 215 Å². The number of aromatic nitrogens is 1. The molecule has 0 bridgehead atoms. The van der Waals surface area contributed by atoms with Gasteiger partial charge in [0.1, 0.15) is 23.3 Å². The number of allylic oxidation sites excluding steroid dienone is 2. The Hall–Kier alpha value is -2.72. The Bertz CT molecular complexity index is 1050. The molecular formula is C27H36F3NO6. The molecule has 10 heteroatoms. The van der Waals surface area contributed by atoms with Crippen LogP contribution in [0.4, 0.5) is 13.2 Å². The smallest absolute Gasteiger partial charge is 0.412 e. The zero-order valence-corrected chi connectivity index (χ0v) is 22.0. The number of hydrogen-bond acceptors (Lipinski definition) is 7. The number of carbonyl (C=O) groups excluding carboxylic acids is 2. The summed E-state index contributed by atoms with van der Waals surface area (Å²) in [6.07, 6.45) is -4.36. The maximum Gasteiger partial charge on any atom is 0.412 e. The minimum atomic E-state index is -4.63. The van der Waals surface area contributed by atoms with Crippen LogP contribution in [0.15, 0.2) is 40.0 Å². The van der Waals surface area contributed by atoms with E-state index in [1.807, 2.05) is 0 Å². The molecule has 2 heterocycles. The van der Waals surface area contributed by atoms with Crippen molar-refractivity contribution in [1.82, 2.24) is 5.16 Å². The molecule has 0 saturated carbocycles. The van der Waals surface area contributed by atoms with Crippen LogP contribution in [-0.4, -0.2) is 51.6 Å². The molecule has 1 aromatic rings. The van der Waals surface area contributed by atoms with Gasteiger partial charge in [-0.05, 0) is 31.9 Å². The van der Waals surface area contributed by atoms with Gasteiger partial charge in [-0.15, -0.1) is 0 Å². The van der Waals surface area contributed by atoms with Gasteiger partial charge in [0.05, 0.1) is 24.0 Å². The van der Waals surface area contributed by atoms with Crippen molar-refractivity contribution in [1.29, 1.82) is 0 Å². The Morgan fingerprint density at radius 1 is 1.22 bits per heavy atom. The van der Waals surface area contributed by atoms with Gasteiger partial charge in [0.25, 0.3) is 0 Å². The molecule has 206 valence electrons. The predicted octanol–water partition coefficient (Wildman–Crippen LogP) is 5.12. The molecule has 0 spiro atoms. The van der Waals surface area contributed by atoms with Gasteiger partial charge in [-0.1, -0.05) is 51.1 Å². The van der Waals surface area contributed by atoms with Crippen LogP contribution in [0.3, 0.4) is 0 Å². The van der Waals surface area contributed by atoms with Crippen molar-refractivity contribution in [3.05, 3.63) is 46.9 Å². The Kier molecular flexibility index (Phi) is 10.1. The van der Waals surface area contributed by atoms with Crippen LogP contribution in [0.2, 0.25) is 0 Å². The zero-order chi connectivity index (χ0) is 28.1. The van der Waals surface area contributed by atoms with Crippen molar-refractivity contribution in [2.45, 2.75) is 85.3 Å². The second-order valence-electron chi connectivity index (χ2n) is 10.3. The quantitative estimate of drug-likeness (QED) is 0.406. The fraction of sp³-hybridized carbons (Fsp3) is 0.593. The molecule has 5 atom stereocenters. The largest absolute Gasteiger partial charge is 0.457 e. The maximum absolute atomic E-state index is 13.7. The van der Waals surface area contributed by atoms with Gasteiger partial charge in [-0.25, -0.2) is 0 Å². The number of Topliss-reactive ketones (excluding diaryl/α,β-unsaturated/α-hetero) is 1. The third-order valence-electron chi connectivity index (χ3n) is 6.82. The molecule has 2 N–H and O–H groups in total. The lowest BCUT2D eigenvalue weighted by atomic mass is 9.73. The first kappa shape index (κ1) is 30.5. The number of esters is 1. The van der Waals surface area contributed by atoms with Crippen molar-refractivity contribution >= 4 is 17.8 Å². The molecule has 37 heavy (non-hydrogen) atoms. The molecule has 0 saturated heterocycles. The molecule has 1 aromatic heterocycles. The summed E-state index contributed by atoms with van der Waals surface area (Å²) in [6.45, 7) is 9.33. The molecule has 7 nitrogen and oxygen atoms in total. The van der Waals surface area contributed by atoms with E-state index in [9.17, 15) is 33.0 Å². The van der Waals surface area contributed by atoms with E-state index >= 15 is 0 Å². The van der Waals surface area contributed by atoms with E-state index in [4.69, 9.17) is 9.26 Å². The average Bonchev–Trinajstić information content (AvgIpc) is 3.21. The molecule has 0 aliphatic carbocycles. The highest BCUT2D eigenvalue weighted by Gasteiger charge is 2.42. The van der Waals surface area contributed by atoms with Crippen molar-refractivity contribution in [2.24, 2.45) is 17.3 Å². The molecule has 0 amide bonds. The third-order valence-corrected chi connectivity index (χ3v) is 6.82. The van der Waals surface area contributed by atoms with E-state index < -0.39 is 71.9 Å². The summed E-state index contributed by atoms with van der Waals surface area (Å²) < 4.78 is 51.7. The Morgan fingerprint density at radius 3 is 2.43 bits per heavy atom. The van der Waals surface area contributed by atoms with Crippen LogP contribution < -0.4 is 0 Å². The van der Waals surface area contributed by atoms with Crippen LogP contribution in [0.1, 0.15) is 65.3 Å². The highest BCUT2D eigenvalue weighted by molar-refractivity contribution is 5.88. The van der Waals surface area contributed by atoms with Gasteiger partial charge in [0, 0.05) is 29.9 Å². The summed E-state index contributed by atoms with van der Waals surface area (Å²) in [7, 11) is 0. The number of ether oxygens (including phenoxy) is 1. The number of carbonyl (C=O) groups is 2. The highest BCUT2D eigenvalue weighted by atomic mass is 19.4. The first-order chi connectivity index (χ1) is 17.0. The van der Waals surface area contributed by atoms with Crippen molar-refractivity contribution in [3.63, 3.8) is 0 Å². The first-order valence-electron chi connectivity index (χ1n) is 12.2. The van der Waals surface area contributed by atoms with E-state index in [0.717, 1.165) is 6.08 Å². The summed E-state index contributed by atoms with van der Waals surface area (Å²) in [4.78, 5) is 25.9. The van der Waals surface area contributed by atoms with Gasteiger partial charge < -0.3 is 19.5 Å². The number of cyclic esters (lactones) is 1. The topological polar surface area (TPSA) is 110 Å². The summed E-state index contributed by atoms with van der Waals surface area (Å²) >= 11 is 0. The lowest BCUT2D eigenvalue weighted by molar-refractivity contribution is -0.154. The monoisotopic (exact) mass is 527 g/mol. The van der Waals surface area contributed by atoms with Crippen molar-refractivity contribution in [2.75, 3.05) is 0 Å². The molecule has 0 aromatic carbocycles. The van der Waals surface area contributed by atoms with E-state index in [1.165, 1.54) is 32.9 Å². The molecule has 5 unspecified atom stereocenters. The number of nitrogens with zero attached hydrogens (tertiary/aromatic N) is 1. The van der Waals surface area contributed by atoms with E-state index in [0.29, 0.717) is 17.0 Å². The van der Waals surface area contributed by atoms with Gasteiger partial charge >= 0.3 is 12.1 Å². The van der Waals surface area contributed by atoms with Crippen LogP contribution in [-0.2, 0) is 14.3 Å². The highest BCUT2D eigenvalue weighted by Crippen LogP contribution is 2.33. The molecular weight excluding hydrogens is 491 g/mol. The SMILES string of the molecule is CC(=Cc1cc(C)on1)C1CC=C(C(F)(F)F)CC=CC(C)C(O)C(C)C(=O)C(C)(C)C(O)CC(=O)O1. The molecule has 0 radical (unpaired) electrons. The molecule has 1 aliphatic rings. The number of halogens is 3. The van der Waals surface area contributed by atoms with Gasteiger partial charge in [0.2, 0.25) is 0 Å². The lowest BCUT2D eigenvalue weighted by Crippen LogP contribution is -2.45. The van der Waals surface area contributed by atoms with Crippen LogP contribution in [0.5, 0.6) is 0 Å². The standard InChI is InChI=1S/C27H36F3NO6/c1-15-8-7-9-19(27(28,29)30)10-11-21(16(2)12-20-13-17(3)37-31-20)36-23(33)14-22(32)26(5,6)25(35)18(4)24(15)34/h7-8,10,12-13,15,18,21-22,24,32,34H,9,11,14H2,1-6H3. The average molecular weight is 528 g/mol. The normalized spacial score (nSPS) is 29.1. The minimum Gasteiger partial charge on any atom is -0.457 e. The third kappa shape index (κ3) is 8.13. The number of hydrogen-bond donors (Lipinski definition) is 2. The fourth-order valence-electron chi connectivity index (χ4n) is 4.18. The predicted molar refractivity (Wildman–Crippen MR) is 131 cm³/mol.